The zero-order valence-corrected chi connectivity index (χ0v) is 14.6. The molecule has 2 unspecified atom stereocenters. The maximum absolute atomic E-state index is 12.4. The van der Waals surface area contributed by atoms with Crippen molar-refractivity contribution in [1.82, 2.24) is 4.72 Å². The molecule has 0 saturated heterocycles. The van der Waals surface area contributed by atoms with Crippen LogP contribution in [-0.4, -0.2) is 14.5 Å². The topological polar surface area (TPSA) is 46.2 Å². The van der Waals surface area contributed by atoms with Gasteiger partial charge in [0.25, 0.3) is 0 Å². The third-order valence-corrected chi connectivity index (χ3v) is 6.36. The fourth-order valence-electron chi connectivity index (χ4n) is 2.74. The molecule has 1 aromatic rings. The van der Waals surface area contributed by atoms with Crippen LogP contribution in [0.4, 0.5) is 0 Å². The highest BCUT2D eigenvalue weighted by atomic mass is 79.9. The molecule has 112 valence electrons. The van der Waals surface area contributed by atoms with Crippen molar-refractivity contribution in [3.63, 3.8) is 0 Å². The van der Waals surface area contributed by atoms with E-state index in [2.05, 4.69) is 27.6 Å². The number of halogens is 2. The van der Waals surface area contributed by atoms with Crippen molar-refractivity contribution in [2.75, 3.05) is 0 Å². The lowest BCUT2D eigenvalue weighted by Crippen LogP contribution is -2.38. The van der Waals surface area contributed by atoms with Crippen molar-refractivity contribution in [3.05, 3.63) is 27.7 Å². The molecule has 3 nitrogen and oxygen atoms in total. The predicted molar refractivity (Wildman–Crippen MR) is 85.5 cm³/mol. The average Bonchev–Trinajstić information content (AvgIpc) is 2.37. The van der Waals surface area contributed by atoms with Crippen LogP contribution in [0.2, 0.25) is 5.02 Å². The van der Waals surface area contributed by atoms with Gasteiger partial charge in [-0.05, 0) is 37.0 Å². The van der Waals surface area contributed by atoms with E-state index in [0.29, 0.717) is 5.92 Å². The van der Waals surface area contributed by atoms with E-state index in [9.17, 15) is 8.42 Å². The molecule has 1 saturated carbocycles. The van der Waals surface area contributed by atoms with Gasteiger partial charge in [-0.2, -0.15) is 0 Å². The van der Waals surface area contributed by atoms with Gasteiger partial charge in [-0.25, -0.2) is 13.1 Å². The fourth-order valence-corrected chi connectivity index (χ4v) is 5.07. The van der Waals surface area contributed by atoms with Crippen LogP contribution in [0, 0.1) is 5.92 Å². The van der Waals surface area contributed by atoms with E-state index in [1.165, 1.54) is 12.5 Å². The van der Waals surface area contributed by atoms with Gasteiger partial charge in [0, 0.05) is 10.5 Å². The molecule has 0 aliphatic heterocycles. The molecular weight excluding hydrogens is 362 g/mol. The minimum atomic E-state index is -3.54. The normalized spacial score (nSPS) is 23.8. The molecule has 6 heteroatoms. The van der Waals surface area contributed by atoms with E-state index in [1.807, 2.05) is 0 Å². The summed E-state index contributed by atoms with van der Waals surface area (Å²) in [5.41, 5.74) is 0. The molecule has 20 heavy (non-hydrogen) atoms. The Labute approximate surface area is 134 Å². The lowest BCUT2D eigenvalue weighted by atomic mass is 9.85. The lowest BCUT2D eigenvalue weighted by molar-refractivity contribution is 0.301. The van der Waals surface area contributed by atoms with Crippen molar-refractivity contribution in [3.8, 4) is 0 Å². The third-order valence-electron chi connectivity index (χ3n) is 3.87. The van der Waals surface area contributed by atoms with Crippen LogP contribution in [0.1, 0.15) is 39.0 Å². The van der Waals surface area contributed by atoms with Crippen LogP contribution in [0.5, 0.6) is 0 Å². The first kappa shape index (κ1) is 16.3. The van der Waals surface area contributed by atoms with Crippen molar-refractivity contribution in [1.29, 1.82) is 0 Å². The van der Waals surface area contributed by atoms with Crippen LogP contribution in [0.15, 0.2) is 27.6 Å². The second kappa shape index (κ2) is 6.77. The molecule has 0 aromatic heterocycles. The maximum Gasteiger partial charge on any atom is 0.242 e. The van der Waals surface area contributed by atoms with Crippen LogP contribution in [0.3, 0.4) is 0 Å². The molecule has 0 amide bonds. The molecule has 1 aliphatic rings. The highest BCUT2D eigenvalue weighted by Gasteiger charge is 2.26. The number of hydrogen-bond acceptors (Lipinski definition) is 2. The minimum absolute atomic E-state index is 0.0263. The SMILES string of the molecule is CCC1CCCC(NS(=O)(=O)c2ccc(Br)cc2Cl)C1. The summed E-state index contributed by atoms with van der Waals surface area (Å²) in [6, 6.07) is 4.86. The summed E-state index contributed by atoms with van der Waals surface area (Å²) in [4.78, 5) is 0.154. The molecular formula is C14H19BrClNO2S. The Bertz CT molecular complexity index is 577. The van der Waals surface area contributed by atoms with Crippen molar-refractivity contribution >= 4 is 37.6 Å². The highest BCUT2D eigenvalue weighted by molar-refractivity contribution is 9.10. The summed E-state index contributed by atoms with van der Waals surface area (Å²) in [6.45, 7) is 2.16. The monoisotopic (exact) mass is 379 g/mol. The second-order valence-electron chi connectivity index (χ2n) is 5.33. The molecule has 2 rings (SSSR count). The lowest BCUT2D eigenvalue weighted by Gasteiger charge is -2.29. The number of benzene rings is 1. The van der Waals surface area contributed by atoms with Crippen molar-refractivity contribution < 1.29 is 8.42 Å². The first-order valence-corrected chi connectivity index (χ1v) is 9.55. The Morgan fingerprint density at radius 1 is 1.40 bits per heavy atom. The number of rotatable bonds is 4. The van der Waals surface area contributed by atoms with E-state index in [4.69, 9.17) is 11.6 Å². The van der Waals surface area contributed by atoms with Gasteiger partial charge in [0.2, 0.25) is 10.0 Å². The molecule has 0 bridgehead atoms. The minimum Gasteiger partial charge on any atom is -0.208 e. The Kier molecular flexibility index (Phi) is 5.51. The standard InChI is InChI=1S/C14H19BrClNO2S/c1-2-10-4-3-5-12(8-10)17-20(18,19)14-7-6-11(15)9-13(14)16/h6-7,9-10,12,17H,2-5,8H2,1H3. The van der Waals surface area contributed by atoms with Crippen molar-refractivity contribution in [2.45, 2.75) is 50.0 Å². The molecule has 1 N–H and O–H groups in total. The van der Waals surface area contributed by atoms with E-state index in [0.717, 1.165) is 30.2 Å². The molecule has 0 radical (unpaired) electrons. The fraction of sp³-hybridized carbons (Fsp3) is 0.571. The van der Waals surface area contributed by atoms with Crippen molar-refractivity contribution in [2.24, 2.45) is 5.92 Å². The van der Waals surface area contributed by atoms with E-state index in [1.54, 1.807) is 12.1 Å². The highest BCUT2D eigenvalue weighted by Crippen LogP contribution is 2.29. The summed E-state index contributed by atoms with van der Waals surface area (Å²) >= 11 is 9.32. The molecule has 1 aromatic carbocycles. The van der Waals surface area contributed by atoms with Gasteiger partial charge < -0.3 is 0 Å². The quantitative estimate of drug-likeness (QED) is 0.844. The zero-order chi connectivity index (χ0) is 14.8. The molecule has 1 aliphatic carbocycles. The summed E-state index contributed by atoms with van der Waals surface area (Å²) < 4.78 is 28.4. The summed E-state index contributed by atoms with van der Waals surface area (Å²) in [5.74, 6) is 0.622. The Morgan fingerprint density at radius 3 is 2.80 bits per heavy atom. The van der Waals surface area contributed by atoms with E-state index >= 15 is 0 Å². The van der Waals surface area contributed by atoms with Crippen LogP contribution in [-0.2, 0) is 10.0 Å². The van der Waals surface area contributed by atoms with Crippen LogP contribution < -0.4 is 4.72 Å². The number of sulfonamides is 1. The zero-order valence-electron chi connectivity index (χ0n) is 11.4. The van der Waals surface area contributed by atoms with E-state index < -0.39 is 10.0 Å². The Morgan fingerprint density at radius 2 is 2.15 bits per heavy atom. The first-order valence-electron chi connectivity index (χ1n) is 6.89. The van der Waals surface area contributed by atoms with Gasteiger partial charge in [0.05, 0.1) is 5.02 Å². The first-order chi connectivity index (χ1) is 9.42. The predicted octanol–water partition coefficient (Wildman–Crippen LogP) is 4.35. The molecule has 0 heterocycles. The van der Waals surface area contributed by atoms with Gasteiger partial charge in [-0.3, -0.25) is 0 Å². The van der Waals surface area contributed by atoms with Gasteiger partial charge in [-0.15, -0.1) is 0 Å². The van der Waals surface area contributed by atoms with Gasteiger partial charge >= 0.3 is 0 Å². The van der Waals surface area contributed by atoms with Gasteiger partial charge in [0.15, 0.2) is 0 Å². The Hall–Kier alpha value is -0.100. The Balaban J connectivity index is 2.14. The number of nitrogens with one attached hydrogen (secondary N) is 1. The van der Waals surface area contributed by atoms with E-state index in [-0.39, 0.29) is 16.0 Å². The van der Waals surface area contributed by atoms with Gasteiger partial charge in [0.1, 0.15) is 4.90 Å². The average molecular weight is 381 g/mol. The molecule has 0 spiro atoms. The summed E-state index contributed by atoms with van der Waals surface area (Å²) in [5, 5.41) is 0.245. The molecule has 2 atom stereocenters. The summed E-state index contributed by atoms with van der Waals surface area (Å²) in [7, 11) is -3.54. The summed E-state index contributed by atoms with van der Waals surface area (Å²) in [6.07, 6.45) is 5.22. The molecule has 1 fully saturated rings. The van der Waals surface area contributed by atoms with Crippen LogP contribution >= 0.6 is 27.5 Å². The smallest absolute Gasteiger partial charge is 0.208 e. The number of hydrogen-bond donors (Lipinski definition) is 1. The van der Waals surface area contributed by atoms with Crippen LogP contribution in [0.25, 0.3) is 0 Å². The second-order valence-corrected chi connectivity index (χ2v) is 8.34. The third kappa shape index (κ3) is 3.97. The maximum atomic E-state index is 12.4. The van der Waals surface area contributed by atoms with Gasteiger partial charge in [-0.1, -0.05) is 53.7 Å². The largest absolute Gasteiger partial charge is 0.242 e.